The lowest BCUT2D eigenvalue weighted by molar-refractivity contribution is 0.219. The van der Waals surface area contributed by atoms with E-state index in [9.17, 15) is 9.50 Å². The first-order valence-electron chi connectivity index (χ1n) is 6.41. The molecule has 4 nitrogen and oxygen atoms in total. The second kappa shape index (κ2) is 5.46. The Labute approximate surface area is 120 Å². The zero-order chi connectivity index (χ0) is 14.8. The molecule has 5 heteroatoms. The number of ether oxygens (including phenoxy) is 1. The highest BCUT2D eigenvalue weighted by Gasteiger charge is 2.14. The highest BCUT2D eigenvalue weighted by atomic mass is 19.1. The highest BCUT2D eigenvalue weighted by Crippen LogP contribution is 2.27. The molecular formula is C16H13FN2O2. The number of hydrogen-bond acceptors (Lipinski definition) is 4. The fraction of sp³-hybridized carbons (Fsp3) is 0.125. The molecule has 3 aromatic rings. The number of rotatable bonds is 3. The van der Waals surface area contributed by atoms with Crippen LogP contribution < -0.4 is 4.74 Å². The largest absolute Gasteiger partial charge is 0.494 e. The fourth-order valence-corrected chi connectivity index (χ4v) is 2.20. The Morgan fingerprint density at radius 3 is 2.38 bits per heavy atom. The van der Waals surface area contributed by atoms with Gasteiger partial charge in [-0.25, -0.2) is 4.39 Å². The summed E-state index contributed by atoms with van der Waals surface area (Å²) in [6.45, 7) is 0. The van der Waals surface area contributed by atoms with Crippen LogP contribution in [-0.4, -0.2) is 22.2 Å². The summed E-state index contributed by atoms with van der Waals surface area (Å²) in [6, 6.07) is 9.67. The SMILES string of the molecule is COc1ccc(C(O)c2ccc3nccnc3c2)cc1F. The number of aliphatic hydroxyl groups excluding tert-OH is 1. The van der Waals surface area contributed by atoms with E-state index in [1.165, 1.54) is 19.2 Å². The summed E-state index contributed by atoms with van der Waals surface area (Å²) in [5, 5.41) is 10.4. The van der Waals surface area contributed by atoms with Crippen LogP contribution in [0.1, 0.15) is 17.2 Å². The van der Waals surface area contributed by atoms with E-state index in [1.807, 2.05) is 0 Å². The molecule has 0 fully saturated rings. The maximum atomic E-state index is 13.7. The molecule has 0 saturated carbocycles. The van der Waals surface area contributed by atoms with Gasteiger partial charge in [-0.05, 0) is 35.4 Å². The van der Waals surface area contributed by atoms with Crippen LogP contribution in [0.5, 0.6) is 5.75 Å². The molecule has 1 N–H and O–H groups in total. The summed E-state index contributed by atoms with van der Waals surface area (Å²) in [7, 11) is 1.40. The van der Waals surface area contributed by atoms with Crippen molar-refractivity contribution in [1.82, 2.24) is 9.97 Å². The van der Waals surface area contributed by atoms with Gasteiger partial charge in [0.2, 0.25) is 0 Å². The minimum absolute atomic E-state index is 0.148. The van der Waals surface area contributed by atoms with Gasteiger partial charge in [-0.1, -0.05) is 12.1 Å². The van der Waals surface area contributed by atoms with E-state index in [4.69, 9.17) is 4.74 Å². The van der Waals surface area contributed by atoms with Crippen molar-refractivity contribution in [2.45, 2.75) is 6.10 Å². The van der Waals surface area contributed by atoms with E-state index >= 15 is 0 Å². The maximum Gasteiger partial charge on any atom is 0.165 e. The standard InChI is InChI=1S/C16H13FN2O2/c1-21-15-5-3-10(8-12(15)17)16(20)11-2-4-13-14(9-11)19-7-6-18-13/h2-9,16,20H,1H3. The van der Waals surface area contributed by atoms with Crippen LogP contribution in [0, 0.1) is 5.82 Å². The Hall–Kier alpha value is -2.53. The van der Waals surface area contributed by atoms with Crippen molar-refractivity contribution in [2.24, 2.45) is 0 Å². The number of aliphatic hydroxyl groups is 1. The van der Waals surface area contributed by atoms with Gasteiger partial charge in [0.1, 0.15) is 6.10 Å². The number of nitrogens with zero attached hydrogens (tertiary/aromatic N) is 2. The molecule has 1 aromatic heterocycles. The average molecular weight is 284 g/mol. The Morgan fingerprint density at radius 2 is 1.67 bits per heavy atom. The molecule has 0 spiro atoms. The van der Waals surface area contributed by atoms with Gasteiger partial charge >= 0.3 is 0 Å². The summed E-state index contributed by atoms with van der Waals surface area (Å²) in [5.41, 5.74) is 2.52. The zero-order valence-electron chi connectivity index (χ0n) is 11.3. The summed E-state index contributed by atoms with van der Waals surface area (Å²) >= 11 is 0. The van der Waals surface area contributed by atoms with Crippen LogP contribution in [0.3, 0.4) is 0 Å². The molecule has 0 aliphatic carbocycles. The van der Waals surface area contributed by atoms with E-state index < -0.39 is 11.9 Å². The van der Waals surface area contributed by atoms with Gasteiger partial charge in [0.15, 0.2) is 11.6 Å². The number of benzene rings is 2. The molecule has 0 radical (unpaired) electrons. The minimum atomic E-state index is -0.934. The van der Waals surface area contributed by atoms with E-state index in [1.54, 1.807) is 36.7 Å². The fourth-order valence-electron chi connectivity index (χ4n) is 2.20. The van der Waals surface area contributed by atoms with E-state index in [0.29, 0.717) is 16.6 Å². The van der Waals surface area contributed by atoms with Crippen LogP contribution in [0.4, 0.5) is 4.39 Å². The van der Waals surface area contributed by atoms with E-state index in [0.717, 1.165) is 5.52 Å². The van der Waals surface area contributed by atoms with Gasteiger partial charge in [0, 0.05) is 12.4 Å². The predicted octanol–water partition coefficient (Wildman–Crippen LogP) is 2.86. The van der Waals surface area contributed by atoms with Crippen molar-refractivity contribution in [3.63, 3.8) is 0 Å². The molecule has 106 valence electrons. The van der Waals surface area contributed by atoms with Gasteiger partial charge < -0.3 is 9.84 Å². The molecule has 1 unspecified atom stereocenters. The average Bonchev–Trinajstić information content (AvgIpc) is 2.53. The van der Waals surface area contributed by atoms with Crippen LogP contribution in [0.2, 0.25) is 0 Å². The third kappa shape index (κ3) is 2.55. The van der Waals surface area contributed by atoms with Gasteiger partial charge in [0.05, 0.1) is 18.1 Å². The van der Waals surface area contributed by atoms with Gasteiger partial charge in [0.25, 0.3) is 0 Å². The van der Waals surface area contributed by atoms with E-state index in [2.05, 4.69) is 9.97 Å². The third-order valence-electron chi connectivity index (χ3n) is 3.30. The number of fused-ring (bicyclic) bond motifs is 1. The molecule has 0 aliphatic rings. The minimum Gasteiger partial charge on any atom is -0.494 e. The first kappa shape index (κ1) is 13.5. The van der Waals surface area contributed by atoms with Gasteiger partial charge in [-0.15, -0.1) is 0 Å². The third-order valence-corrected chi connectivity index (χ3v) is 3.30. The van der Waals surface area contributed by atoms with Crippen LogP contribution in [-0.2, 0) is 0 Å². The molecule has 2 aromatic carbocycles. The molecular weight excluding hydrogens is 271 g/mol. The second-order valence-electron chi connectivity index (χ2n) is 4.60. The molecule has 0 saturated heterocycles. The van der Waals surface area contributed by atoms with Crippen molar-refractivity contribution >= 4 is 11.0 Å². The quantitative estimate of drug-likeness (QED) is 0.803. The Kier molecular flexibility index (Phi) is 3.50. The maximum absolute atomic E-state index is 13.7. The van der Waals surface area contributed by atoms with Gasteiger partial charge in [-0.2, -0.15) is 0 Å². The molecule has 1 heterocycles. The number of aromatic nitrogens is 2. The summed E-state index contributed by atoms with van der Waals surface area (Å²) < 4.78 is 18.6. The van der Waals surface area contributed by atoms with Crippen LogP contribution in [0.25, 0.3) is 11.0 Å². The Balaban J connectivity index is 1.99. The number of methoxy groups -OCH3 is 1. The van der Waals surface area contributed by atoms with Gasteiger partial charge in [-0.3, -0.25) is 9.97 Å². The van der Waals surface area contributed by atoms with E-state index in [-0.39, 0.29) is 5.75 Å². The van der Waals surface area contributed by atoms with Crippen molar-refractivity contribution in [3.05, 3.63) is 65.7 Å². The van der Waals surface area contributed by atoms with Crippen molar-refractivity contribution in [1.29, 1.82) is 0 Å². The Morgan fingerprint density at radius 1 is 1.00 bits per heavy atom. The summed E-state index contributed by atoms with van der Waals surface area (Å²) in [6.07, 6.45) is 2.26. The Bertz CT molecular complexity index is 792. The van der Waals surface area contributed by atoms with Crippen molar-refractivity contribution in [2.75, 3.05) is 7.11 Å². The topological polar surface area (TPSA) is 55.2 Å². The summed E-state index contributed by atoms with van der Waals surface area (Å²) in [5.74, 6) is -0.357. The molecule has 3 rings (SSSR count). The van der Waals surface area contributed by atoms with Crippen LogP contribution in [0.15, 0.2) is 48.8 Å². The molecule has 0 bridgehead atoms. The van der Waals surface area contributed by atoms with Crippen LogP contribution >= 0.6 is 0 Å². The van der Waals surface area contributed by atoms with Crippen molar-refractivity contribution < 1.29 is 14.2 Å². The molecule has 1 atom stereocenters. The summed E-state index contributed by atoms with van der Waals surface area (Å²) in [4.78, 5) is 8.37. The normalized spacial score (nSPS) is 12.3. The smallest absolute Gasteiger partial charge is 0.165 e. The van der Waals surface area contributed by atoms with Crippen molar-refractivity contribution in [3.8, 4) is 5.75 Å². The first-order chi connectivity index (χ1) is 10.2. The highest BCUT2D eigenvalue weighted by molar-refractivity contribution is 5.74. The molecule has 0 aliphatic heterocycles. The predicted molar refractivity (Wildman–Crippen MR) is 76.6 cm³/mol. The molecule has 0 amide bonds. The lowest BCUT2D eigenvalue weighted by atomic mass is 10.0. The lowest BCUT2D eigenvalue weighted by Gasteiger charge is -2.13. The number of hydrogen-bond donors (Lipinski definition) is 1. The zero-order valence-corrected chi connectivity index (χ0v) is 11.3. The second-order valence-corrected chi connectivity index (χ2v) is 4.60. The monoisotopic (exact) mass is 284 g/mol. The number of halogens is 1. The first-order valence-corrected chi connectivity index (χ1v) is 6.41. The lowest BCUT2D eigenvalue weighted by Crippen LogP contribution is -2.01. The molecule has 21 heavy (non-hydrogen) atoms.